The zero-order valence-electron chi connectivity index (χ0n) is 12.5. The number of carbonyl (C=O) groups is 1. The van der Waals surface area contributed by atoms with Gasteiger partial charge in [0.1, 0.15) is 0 Å². The van der Waals surface area contributed by atoms with Crippen LogP contribution in [0.2, 0.25) is 0 Å². The van der Waals surface area contributed by atoms with E-state index in [1.165, 1.54) is 0 Å². The Morgan fingerprint density at radius 1 is 1.23 bits per heavy atom. The van der Waals surface area contributed by atoms with Gasteiger partial charge in [0.05, 0.1) is 12.7 Å². The van der Waals surface area contributed by atoms with Crippen molar-refractivity contribution in [3.8, 4) is 0 Å². The van der Waals surface area contributed by atoms with Crippen molar-refractivity contribution in [3.63, 3.8) is 0 Å². The summed E-state index contributed by atoms with van der Waals surface area (Å²) in [4.78, 5) is 12.2. The maximum absolute atomic E-state index is 12.2. The Balaban J connectivity index is 1.57. The van der Waals surface area contributed by atoms with Gasteiger partial charge in [-0.05, 0) is 31.2 Å². The third-order valence-corrected chi connectivity index (χ3v) is 4.07. The molecule has 22 heavy (non-hydrogen) atoms. The first-order valence-electron chi connectivity index (χ1n) is 7.71. The van der Waals surface area contributed by atoms with Gasteiger partial charge in [-0.3, -0.25) is 4.79 Å². The Kier molecular flexibility index (Phi) is 4.48. The minimum Gasteiger partial charge on any atom is -0.348 e. The quantitative estimate of drug-likeness (QED) is 0.891. The van der Waals surface area contributed by atoms with Crippen LogP contribution in [-0.2, 0) is 6.54 Å². The van der Waals surface area contributed by atoms with Crippen molar-refractivity contribution in [3.05, 3.63) is 47.8 Å². The van der Waals surface area contributed by atoms with Crippen molar-refractivity contribution >= 4 is 5.91 Å². The molecule has 6 heteroatoms. The monoisotopic (exact) mass is 299 g/mol. The van der Waals surface area contributed by atoms with Crippen molar-refractivity contribution in [1.82, 2.24) is 20.3 Å². The van der Waals surface area contributed by atoms with Crippen LogP contribution in [0.3, 0.4) is 0 Å². The molecule has 116 valence electrons. The van der Waals surface area contributed by atoms with Crippen LogP contribution in [0.1, 0.15) is 41.7 Å². The SMILES string of the molecule is NC1CCC(NC(=O)c2cn(Cc3ccccc3)nn2)CC1. The van der Waals surface area contributed by atoms with Crippen LogP contribution in [0.5, 0.6) is 0 Å². The molecule has 1 aromatic heterocycles. The predicted molar refractivity (Wildman–Crippen MR) is 83.3 cm³/mol. The second-order valence-electron chi connectivity index (χ2n) is 5.87. The Morgan fingerprint density at radius 2 is 1.95 bits per heavy atom. The van der Waals surface area contributed by atoms with Crippen molar-refractivity contribution in [1.29, 1.82) is 0 Å². The van der Waals surface area contributed by atoms with E-state index in [2.05, 4.69) is 15.6 Å². The molecule has 1 heterocycles. The summed E-state index contributed by atoms with van der Waals surface area (Å²) in [5.41, 5.74) is 7.37. The summed E-state index contributed by atoms with van der Waals surface area (Å²) in [7, 11) is 0. The van der Waals surface area contributed by atoms with E-state index in [9.17, 15) is 4.79 Å². The molecule has 0 spiro atoms. The number of hydrogen-bond acceptors (Lipinski definition) is 4. The first-order chi connectivity index (χ1) is 10.7. The standard InChI is InChI=1S/C16H21N5O/c17-13-6-8-14(9-7-13)18-16(22)15-11-21(20-19-15)10-12-4-2-1-3-5-12/h1-5,11,13-14H,6-10,17H2,(H,18,22). The van der Waals surface area contributed by atoms with Gasteiger partial charge in [-0.15, -0.1) is 5.10 Å². The molecule has 1 fully saturated rings. The highest BCUT2D eigenvalue weighted by atomic mass is 16.2. The Labute approximate surface area is 129 Å². The fraction of sp³-hybridized carbons (Fsp3) is 0.438. The van der Waals surface area contributed by atoms with Crippen LogP contribution in [0.15, 0.2) is 36.5 Å². The Hall–Kier alpha value is -2.21. The molecular formula is C16H21N5O. The number of nitrogens with zero attached hydrogens (tertiary/aromatic N) is 3. The topological polar surface area (TPSA) is 85.8 Å². The molecule has 1 saturated carbocycles. The number of carbonyl (C=O) groups excluding carboxylic acids is 1. The van der Waals surface area contributed by atoms with Gasteiger partial charge in [-0.1, -0.05) is 35.5 Å². The van der Waals surface area contributed by atoms with Gasteiger partial charge in [0.25, 0.3) is 5.91 Å². The largest absolute Gasteiger partial charge is 0.348 e. The smallest absolute Gasteiger partial charge is 0.273 e. The summed E-state index contributed by atoms with van der Waals surface area (Å²) in [5, 5.41) is 11.0. The number of aromatic nitrogens is 3. The summed E-state index contributed by atoms with van der Waals surface area (Å²) in [6.07, 6.45) is 5.49. The van der Waals surface area contributed by atoms with Gasteiger partial charge < -0.3 is 11.1 Å². The van der Waals surface area contributed by atoms with Crippen molar-refractivity contribution in [2.24, 2.45) is 5.73 Å². The van der Waals surface area contributed by atoms with Crippen LogP contribution >= 0.6 is 0 Å². The molecule has 1 aliphatic carbocycles. The number of amides is 1. The average Bonchev–Trinajstić information content (AvgIpc) is 2.99. The third kappa shape index (κ3) is 3.71. The summed E-state index contributed by atoms with van der Waals surface area (Å²) < 4.78 is 1.68. The summed E-state index contributed by atoms with van der Waals surface area (Å²) >= 11 is 0. The van der Waals surface area contributed by atoms with Gasteiger partial charge >= 0.3 is 0 Å². The van der Waals surface area contributed by atoms with Crippen LogP contribution in [-0.4, -0.2) is 33.0 Å². The molecule has 1 amide bonds. The molecule has 0 bridgehead atoms. The van der Waals surface area contributed by atoms with E-state index in [4.69, 9.17) is 5.73 Å². The predicted octanol–water partition coefficient (Wildman–Crippen LogP) is 1.33. The Morgan fingerprint density at radius 3 is 2.68 bits per heavy atom. The normalized spacial score (nSPS) is 21.5. The minimum absolute atomic E-state index is 0.153. The van der Waals surface area contributed by atoms with E-state index in [0.717, 1.165) is 31.2 Å². The zero-order chi connectivity index (χ0) is 15.4. The lowest BCUT2D eigenvalue weighted by Crippen LogP contribution is -2.40. The number of nitrogens with two attached hydrogens (primary N) is 1. The lowest BCUT2D eigenvalue weighted by Gasteiger charge is -2.26. The highest BCUT2D eigenvalue weighted by molar-refractivity contribution is 5.92. The van der Waals surface area contributed by atoms with Gasteiger partial charge in [-0.2, -0.15) is 0 Å². The van der Waals surface area contributed by atoms with E-state index in [1.807, 2.05) is 30.3 Å². The Bertz CT molecular complexity index is 616. The molecule has 0 aliphatic heterocycles. The van der Waals surface area contributed by atoms with Crippen LogP contribution in [0, 0.1) is 0 Å². The first-order valence-corrected chi connectivity index (χ1v) is 7.71. The molecule has 1 aromatic carbocycles. The lowest BCUT2D eigenvalue weighted by atomic mass is 9.92. The number of hydrogen-bond donors (Lipinski definition) is 2. The van der Waals surface area contributed by atoms with Crippen LogP contribution < -0.4 is 11.1 Å². The molecular weight excluding hydrogens is 278 g/mol. The summed E-state index contributed by atoms with van der Waals surface area (Å²) in [6.45, 7) is 0.611. The molecule has 0 radical (unpaired) electrons. The highest BCUT2D eigenvalue weighted by Gasteiger charge is 2.21. The first kappa shape index (κ1) is 14.7. The van der Waals surface area contributed by atoms with Crippen LogP contribution in [0.25, 0.3) is 0 Å². The van der Waals surface area contributed by atoms with Crippen molar-refractivity contribution < 1.29 is 4.79 Å². The van der Waals surface area contributed by atoms with Gasteiger partial charge in [0.15, 0.2) is 5.69 Å². The minimum atomic E-state index is -0.153. The zero-order valence-corrected chi connectivity index (χ0v) is 12.5. The van der Waals surface area contributed by atoms with Crippen LogP contribution in [0.4, 0.5) is 0 Å². The molecule has 2 aromatic rings. The molecule has 6 nitrogen and oxygen atoms in total. The maximum Gasteiger partial charge on any atom is 0.273 e. The fourth-order valence-corrected chi connectivity index (χ4v) is 2.77. The van der Waals surface area contributed by atoms with E-state index in [0.29, 0.717) is 12.2 Å². The number of rotatable bonds is 4. The second kappa shape index (κ2) is 6.70. The van der Waals surface area contributed by atoms with E-state index in [1.54, 1.807) is 10.9 Å². The lowest BCUT2D eigenvalue weighted by molar-refractivity contribution is 0.0920. The molecule has 1 aliphatic rings. The molecule has 3 rings (SSSR count). The summed E-state index contributed by atoms with van der Waals surface area (Å²) in [5.74, 6) is -0.153. The molecule has 0 saturated heterocycles. The van der Waals surface area contributed by atoms with Crippen molar-refractivity contribution in [2.45, 2.75) is 44.3 Å². The number of benzene rings is 1. The van der Waals surface area contributed by atoms with Crippen molar-refractivity contribution in [2.75, 3.05) is 0 Å². The maximum atomic E-state index is 12.2. The molecule has 0 unspecified atom stereocenters. The fourth-order valence-electron chi connectivity index (χ4n) is 2.77. The van der Waals surface area contributed by atoms with E-state index >= 15 is 0 Å². The summed E-state index contributed by atoms with van der Waals surface area (Å²) in [6, 6.07) is 10.5. The average molecular weight is 299 g/mol. The van der Waals surface area contributed by atoms with Gasteiger partial charge in [-0.25, -0.2) is 4.68 Å². The molecule has 3 N–H and O–H groups in total. The van der Waals surface area contributed by atoms with E-state index < -0.39 is 0 Å². The number of nitrogens with one attached hydrogen (secondary N) is 1. The molecule has 0 atom stereocenters. The van der Waals surface area contributed by atoms with Gasteiger partial charge in [0, 0.05) is 12.1 Å². The van der Waals surface area contributed by atoms with E-state index in [-0.39, 0.29) is 18.0 Å². The second-order valence-corrected chi connectivity index (χ2v) is 5.87. The third-order valence-electron chi connectivity index (χ3n) is 4.07. The highest BCUT2D eigenvalue weighted by Crippen LogP contribution is 2.17. The van der Waals surface area contributed by atoms with Gasteiger partial charge in [0.2, 0.25) is 0 Å².